The number of unbranched alkanes of at least 4 members (excludes halogenated alkanes) is 5. The first-order valence-corrected chi connectivity index (χ1v) is 9.68. The molecule has 0 aromatic heterocycles. The van der Waals surface area contributed by atoms with Gasteiger partial charge in [-0.3, -0.25) is 4.79 Å². The zero-order valence-electron chi connectivity index (χ0n) is 15.1. The van der Waals surface area contributed by atoms with Crippen LogP contribution in [0.25, 0.3) is 0 Å². The van der Waals surface area contributed by atoms with E-state index in [1.807, 2.05) is 0 Å². The minimum absolute atomic E-state index is 0.0724. The fourth-order valence-corrected chi connectivity index (χ4v) is 3.38. The molecule has 1 aliphatic rings. The Bertz CT molecular complexity index is 500. The number of carbonyl (C=O) groups excluding carboxylic acids is 1. The monoisotopic (exact) mass is 328 g/mol. The minimum atomic E-state index is 0.0724. The number of nitrogens with zero attached hydrogens (tertiary/aromatic N) is 1. The molecule has 0 saturated heterocycles. The smallest absolute Gasteiger partial charge is 0.240 e. The van der Waals surface area contributed by atoms with Crippen LogP contribution >= 0.6 is 0 Å². The van der Waals surface area contributed by atoms with Crippen LogP contribution in [0.15, 0.2) is 35.4 Å². The number of carbonyl (C=O) groups is 1. The molecular weight excluding hydrogens is 296 g/mol. The van der Waals surface area contributed by atoms with E-state index in [-0.39, 0.29) is 5.91 Å². The Kier molecular flexibility index (Phi) is 8.58. The third kappa shape index (κ3) is 6.86. The topological polar surface area (TPSA) is 41.5 Å². The van der Waals surface area contributed by atoms with Gasteiger partial charge in [0, 0.05) is 12.1 Å². The second-order valence-electron chi connectivity index (χ2n) is 6.92. The fourth-order valence-electron chi connectivity index (χ4n) is 3.38. The second kappa shape index (κ2) is 11.0. The lowest BCUT2D eigenvalue weighted by molar-refractivity contribution is -0.121. The number of amides is 1. The first kappa shape index (κ1) is 18.7. The lowest BCUT2D eigenvalue weighted by atomic mass is 9.83. The number of hydrogen-bond acceptors (Lipinski definition) is 2. The highest BCUT2D eigenvalue weighted by molar-refractivity contribution is 5.87. The largest absolute Gasteiger partial charge is 0.273 e. The van der Waals surface area contributed by atoms with Crippen molar-refractivity contribution in [2.45, 2.75) is 83.5 Å². The molecule has 0 radical (unpaired) electrons. The van der Waals surface area contributed by atoms with Gasteiger partial charge in [-0.15, -0.1) is 0 Å². The van der Waals surface area contributed by atoms with Crippen LogP contribution in [0, 0.1) is 0 Å². The van der Waals surface area contributed by atoms with Crippen LogP contribution in [-0.2, 0) is 4.79 Å². The second-order valence-corrected chi connectivity index (χ2v) is 6.92. The summed E-state index contributed by atoms with van der Waals surface area (Å²) < 4.78 is 0. The van der Waals surface area contributed by atoms with E-state index < -0.39 is 0 Å². The van der Waals surface area contributed by atoms with Crippen molar-refractivity contribution < 1.29 is 4.79 Å². The van der Waals surface area contributed by atoms with Crippen molar-refractivity contribution in [3.05, 3.63) is 35.9 Å². The third-order valence-corrected chi connectivity index (χ3v) is 4.93. The molecule has 0 aliphatic heterocycles. The molecule has 1 aliphatic carbocycles. The van der Waals surface area contributed by atoms with Crippen LogP contribution in [0.5, 0.6) is 0 Å². The Morgan fingerprint density at radius 2 is 1.71 bits per heavy atom. The van der Waals surface area contributed by atoms with Crippen LogP contribution in [0.3, 0.4) is 0 Å². The maximum absolute atomic E-state index is 11.8. The van der Waals surface area contributed by atoms with Gasteiger partial charge < -0.3 is 0 Å². The molecule has 3 heteroatoms. The molecule has 0 atom stereocenters. The summed E-state index contributed by atoms with van der Waals surface area (Å²) in [4.78, 5) is 11.8. The molecule has 0 heterocycles. The molecule has 1 fully saturated rings. The molecule has 24 heavy (non-hydrogen) atoms. The summed E-state index contributed by atoms with van der Waals surface area (Å²) in [6.45, 7) is 2.22. The Balaban J connectivity index is 1.61. The number of hydrogen-bond donors (Lipinski definition) is 1. The van der Waals surface area contributed by atoms with Gasteiger partial charge in [0.25, 0.3) is 0 Å². The van der Waals surface area contributed by atoms with E-state index in [9.17, 15) is 4.79 Å². The molecule has 132 valence electrons. The van der Waals surface area contributed by atoms with Crippen LogP contribution in [0.4, 0.5) is 0 Å². The van der Waals surface area contributed by atoms with E-state index in [1.165, 1.54) is 31.2 Å². The Morgan fingerprint density at radius 3 is 2.42 bits per heavy atom. The van der Waals surface area contributed by atoms with Gasteiger partial charge in [0.2, 0.25) is 5.91 Å². The van der Waals surface area contributed by atoms with Crippen molar-refractivity contribution in [2.24, 2.45) is 5.10 Å². The summed E-state index contributed by atoms with van der Waals surface area (Å²) >= 11 is 0. The van der Waals surface area contributed by atoms with Crippen LogP contribution < -0.4 is 5.43 Å². The summed E-state index contributed by atoms with van der Waals surface area (Å²) in [5.74, 6) is 0.715. The Morgan fingerprint density at radius 1 is 1.04 bits per heavy atom. The van der Waals surface area contributed by atoms with Gasteiger partial charge in [0.15, 0.2) is 0 Å². The highest BCUT2D eigenvalue weighted by Gasteiger charge is 2.19. The first-order chi connectivity index (χ1) is 11.8. The van der Waals surface area contributed by atoms with Crippen molar-refractivity contribution in [1.29, 1.82) is 0 Å². The van der Waals surface area contributed by atoms with Gasteiger partial charge >= 0.3 is 0 Å². The summed E-state index contributed by atoms with van der Waals surface area (Å²) in [7, 11) is 0. The predicted molar refractivity (Wildman–Crippen MR) is 101 cm³/mol. The molecule has 1 saturated carbocycles. The quantitative estimate of drug-likeness (QED) is 0.467. The van der Waals surface area contributed by atoms with Crippen molar-refractivity contribution >= 4 is 11.6 Å². The number of rotatable bonds is 9. The van der Waals surface area contributed by atoms with E-state index in [1.54, 1.807) is 0 Å². The Hall–Kier alpha value is -1.64. The zero-order chi connectivity index (χ0) is 17.0. The third-order valence-electron chi connectivity index (χ3n) is 4.93. The molecule has 1 aromatic rings. The lowest BCUT2D eigenvalue weighted by Gasteiger charge is -2.23. The normalized spacial score (nSPS) is 17.5. The van der Waals surface area contributed by atoms with Gasteiger partial charge in [-0.05, 0) is 43.6 Å². The van der Waals surface area contributed by atoms with E-state index in [2.05, 4.69) is 47.8 Å². The molecule has 0 spiro atoms. The number of benzene rings is 1. The molecule has 0 bridgehead atoms. The molecule has 2 rings (SSSR count). The SMILES string of the molecule is CCCCCCCCC(=O)NN=C1CCC(c2ccccc2)CC1. The van der Waals surface area contributed by atoms with E-state index in [0.717, 1.165) is 44.2 Å². The summed E-state index contributed by atoms with van der Waals surface area (Å²) in [5.41, 5.74) is 5.34. The fraction of sp³-hybridized carbons (Fsp3) is 0.619. The van der Waals surface area contributed by atoms with Crippen LogP contribution in [-0.4, -0.2) is 11.6 Å². The zero-order valence-corrected chi connectivity index (χ0v) is 15.1. The van der Waals surface area contributed by atoms with Crippen molar-refractivity contribution in [3.63, 3.8) is 0 Å². The highest BCUT2D eigenvalue weighted by atomic mass is 16.2. The predicted octanol–water partition coefficient (Wildman–Crippen LogP) is 5.57. The van der Waals surface area contributed by atoms with Crippen LogP contribution in [0.2, 0.25) is 0 Å². The van der Waals surface area contributed by atoms with Gasteiger partial charge in [-0.25, -0.2) is 5.43 Å². The van der Waals surface area contributed by atoms with Crippen molar-refractivity contribution in [2.75, 3.05) is 0 Å². The first-order valence-electron chi connectivity index (χ1n) is 9.68. The van der Waals surface area contributed by atoms with Gasteiger partial charge in [-0.2, -0.15) is 5.10 Å². The summed E-state index contributed by atoms with van der Waals surface area (Å²) in [5, 5.41) is 4.36. The minimum Gasteiger partial charge on any atom is -0.273 e. The molecular formula is C21H32N2O. The number of hydrazone groups is 1. The number of nitrogens with one attached hydrogen (secondary N) is 1. The average Bonchev–Trinajstić information content (AvgIpc) is 2.64. The molecule has 0 unspecified atom stereocenters. The van der Waals surface area contributed by atoms with Crippen LogP contribution in [0.1, 0.15) is 89.0 Å². The van der Waals surface area contributed by atoms with Gasteiger partial charge in [0.1, 0.15) is 0 Å². The van der Waals surface area contributed by atoms with Crippen molar-refractivity contribution in [3.8, 4) is 0 Å². The Labute approximate surface area is 146 Å². The molecule has 1 amide bonds. The van der Waals surface area contributed by atoms with E-state index in [0.29, 0.717) is 12.3 Å². The average molecular weight is 329 g/mol. The molecule has 3 nitrogen and oxygen atoms in total. The highest BCUT2D eigenvalue weighted by Crippen LogP contribution is 2.31. The summed E-state index contributed by atoms with van der Waals surface area (Å²) in [6.07, 6.45) is 12.1. The van der Waals surface area contributed by atoms with Gasteiger partial charge in [-0.1, -0.05) is 69.4 Å². The lowest BCUT2D eigenvalue weighted by Crippen LogP contribution is -2.21. The molecule has 1 aromatic carbocycles. The maximum Gasteiger partial charge on any atom is 0.240 e. The van der Waals surface area contributed by atoms with E-state index in [4.69, 9.17) is 0 Å². The van der Waals surface area contributed by atoms with Crippen molar-refractivity contribution in [1.82, 2.24) is 5.43 Å². The standard InChI is InChI=1S/C21H32N2O/c1-2-3-4-5-6-10-13-21(24)23-22-20-16-14-19(15-17-20)18-11-8-7-9-12-18/h7-9,11-12,19H,2-6,10,13-17H2,1H3,(H,23,24). The maximum atomic E-state index is 11.8. The summed E-state index contributed by atoms with van der Waals surface area (Å²) in [6, 6.07) is 10.7. The van der Waals surface area contributed by atoms with Gasteiger partial charge in [0.05, 0.1) is 0 Å². The molecule has 1 N–H and O–H groups in total. The van der Waals surface area contributed by atoms with E-state index >= 15 is 0 Å².